The lowest BCUT2D eigenvalue weighted by molar-refractivity contribution is -0.148. The van der Waals surface area contributed by atoms with E-state index in [1.165, 1.54) is 0 Å². The molecule has 21 heavy (non-hydrogen) atoms. The van der Waals surface area contributed by atoms with Gasteiger partial charge in [-0.3, -0.25) is 14.9 Å². The van der Waals surface area contributed by atoms with Crippen molar-refractivity contribution < 1.29 is 19.1 Å². The molecule has 3 N–H and O–H groups in total. The van der Waals surface area contributed by atoms with Crippen LogP contribution in [0.2, 0.25) is 0 Å². The number of likely N-dealkylation sites (tertiary alicyclic amines) is 1. The molecule has 8 nitrogen and oxygen atoms in total. The molecule has 0 atom stereocenters. The number of carbonyl (C=O) groups excluding carboxylic acids is 3. The monoisotopic (exact) mass is 296 g/mol. The summed E-state index contributed by atoms with van der Waals surface area (Å²) in [6, 6.07) is -0.450. The van der Waals surface area contributed by atoms with Gasteiger partial charge in [-0.25, -0.2) is 4.79 Å². The zero-order chi connectivity index (χ0) is 15.1. The highest BCUT2D eigenvalue weighted by molar-refractivity contribution is 6.07. The molecule has 116 valence electrons. The van der Waals surface area contributed by atoms with E-state index in [0.29, 0.717) is 25.9 Å². The summed E-state index contributed by atoms with van der Waals surface area (Å²) >= 11 is 0. The summed E-state index contributed by atoms with van der Waals surface area (Å²) in [7, 11) is 0. The molecule has 3 aliphatic rings. The Kier molecular flexibility index (Phi) is 3.37. The molecule has 0 saturated carbocycles. The SMILES string of the molecule is CC1(OCC(=O)N2CCC3(CC2)NC(=O)NC3=O)CNC1. The van der Waals surface area contributed by atoms with E-state index in [0.717, 1.165) is 13.1 Å². The fourth-order valence-electron chi connectivity index (χ4n) is 2.92. The van der Waals surface area contributed by atoms with E-state index >= 15 is 0 Å². The number of carbonyl (C=O) groups is 3. The van der Waals surface area contributed by atoms with E-state index < -0.39 is 11.6 Å². The number of nitrogens with one attached hydrogen (secondary N) is 3. The van der Waals surface area contributed by atoms with Gasteiger partial charge in [0.1, 0.15) is 12.1 Å². The molecule has 3 fully saturated rings. The highest BCUT2D eigenvalue weighted by atomic mass is 16.5. The third-order valence-corrected chi connectivity index (χ3v) is 4.53. The molecule has 0 bridgehead atoms. The number of piperidine rings is 1. The first-order valence-corrected chi connectivity index (χ1v) is 7.19. The average molecular weight is 296 g/mol. The quantitative estimate of drug-likeness (QED) is 0.554. The van der Waals surface area contributed by atoms with Gasteiger partial charge < -0.3 is 20.3 Å². The number of amides is 4. The van der Waals surface area contributed by atoms with Crippen LogP contribution in [0.15, 0.2) is 0 Å². The second-order valence-corrected chi connectivity index (χ2v) is 6.21. The third-order valence-electron chi connectivity index (χ3n) is 4.53. The van der Waals surface area contributed by atoms with Crippen molar-refractivity contribution in [2.45, 2.75) is 30.9 Å². The highest BCUT2D eigenvalue weighted by Gasteiger charge is 2.48. The minimum absolute atomic E-state index is 0.0593. The van der Waals surface area contributed by atoms with Crippen molar-refractivity contribution in [3.63, 3.8) is 0 Å². The lowest BCUT2D eigenvalue weighted by atomic mass is 9.88. The minimum atomic E-state index is -0.835. The van der Waals surface area contributed by atoms with E-state index in [2.05, 4.69) is 16.0 Å². The first-order chi connectivity index (χ1) is 9.92. The number of imide groups is 1. The molecule has 3 aliphatic heterocycles. The van der Waals surface area contributed by atoms with Gasteiger partial charge in [0.05, 0.1) is 5.60 Å². The molecule has 3 rings (SSSR count). The highest BCUT2D eigenvalue weighted by Crippen LogP contribution is 2.25. The van der Waals surface area contributed by atoms with E-state index in [1.54, 1.807) is 4.90 Å². The van der Waals surface area contributed by atoms with Gasteiger partial charge in [0, 0.05) is 26.2 Å². The van der Waals surface area contributed by atoms with Crippen LogP contribution in [0.5, 0.6) is 0 Å². The molecular weight excluding hydrogens is 276 g/mol. The molecule has 0 radical (unpaired) electrons. The van der Waals surface area contributed by atoms with Gasteiger partial charge >= 0.3 is 6.03 Å². The summed E-state index contributed by atoms with van der Waals surface area (Å²) in [4.78, 5) is 36.9. The smallest absolute Gasteiger partial charge is 0.322 e. The van der Waals surface area contributed by atoms with Gasteiger partial charge in [-0.1, -0.05) is 0 Å². The van der Waals surface area contributed by atoms with Gasteiger partial charge in [0.25, 0.3) is 5.91 Å². The zero-order valence-corrected chi connectivity index (χ0v) is 12.0. The number of hydrogen-bond acceptors (Lipinski definition) is 5. The van der Waals surface area contributed by atoms with Gasteiger partial charge in [0.15, 0.2) is 0 Å². The van der Waals surface area contributed by atoms with Crippen molar-refractivity contribution in [1.82, 2.24) is 20.9 Å². The second kappa shape index (κ2) is 4.96. The molecule has 0 aromatic heterocycles. The predicted molar refractivity (Wildman–Crippen MR) is 72.4 cm³/mol. The first kappa shape index (κ1) is 14.3. The molecule has 0 unspecified atom stereocenters. The summed E-state index contributed by atoms with van der Waals surface area (Å²) in [6.45, 7) is 4.45. The Balaban J connectivity index is 1.50. The summed E-state index contributed by atoms with van der Waals surface area (Å²) in [5.74, 6) is -0.355. The maximum atomic E-state index is 12.1. The standard InChI is InChI=1S/C13H20N4O4/c1-12(7-14-8-12)21-6-9(18)17-4-2-13(3-5-17)10(19)15-11(20)16-13/h14H,2-8H2,1H3,(H2,15,16,19,20). The molecule has 0 aromatic rings. The maximum absolute atomic E-state index is 12.1. The van der Waals surface area contributed by atoms with Gasteiger partial charge in [-0.05, 0) is 19.8 Å². The second-order valence-electron chi connectivity index (χ2n) is 6.21. The number of nitrogens with zero attached hydrogens (tertiary/aromatic N) is 1. The van der Waals surface area contributed by atoms with Crippen LogP contribution in [0.3, 0.4) is 0 Å². The Hall–Kier alpha value is -1.67. The lowest BCUT2D eigenvalue weighted by Gasteiger charge is -2.40. The number of ether oxygens (including phenoxy) is 1. The molecule has 0 aromatic carbocycles. The van der Waals surface area contributed by atoms with Gasteiger partial charge in [-0.15, -0.1) is 0 Å². The molecule has 4 amide bonds. The van der Waals surface area contributed by atoms with Crippen molar-refractivity contribution in [2.24, 2.45) is 0 Å². The number of rotatable bonds is 3. The fourth-order valence-corrected chi connectivity index (χ4v) is 2.92. The molecule has 8 heteroatoms. The Bertz CT molecular complexity index is 481. The first-order valence-electron chi connectivity index (χ1n) is 7.19. The van der Waals surface area contributed by atoms with Crippen LogP contribution in [-0.4, -0.2) is 66.7 Å². The molecule has 3 heterocycles. The molecular formula is C13H20N4O4. The lowest BCUT2D eigenvalue weighted by Crippen LogP contribution is -2.60. The summed E-state index contributed by atoms with van der Waals surface area (Å²) in [5, 5.41) is 8.05. The van der Waals surface area contributed by atoms with Gasteiger partial charge in [0.2, 0.25) is 5.91 Å². The maximum Gasteiger partial charge on any atom is 0.322 e. The summed E-state index contributed by atoms with van der Waals surface area (Å²) in [6.07, 6.45) is 0.879. The average Bonchev–Trinajstić information content (AvgIpc) is 2.69. The Morgan fingerprint density at radius 1 is 1.29 bits per heavy atom. The van der Waals surface area contributed by atoms with Crippen molar-refractivity contribution >= 4 is 17.8 Å². The van der Waals surface area contributed by atoms with E-state index in [9.17, 15) is 14.4 Å². The number of urea groups is 1. The number of hydrogen-bond donors (Lipinski definition) is 3. The Labute approximate surface area is 122 Å². The van der Waals surface area contributed by atoms with E-state index in [1.807, 2.05) is 6.92 Å². The Morgan fingerprint density at radius 2 is 1.95 bits per heavy atom. The normalized spacial score (nSPS) is 26.2. The zero-order valence-electron chi connectivity index (χ0n) is 12.0. The van der Waals surface area contributed by atoms with E-state index in [-0.39, 0.29) is 24.0 Å². The fraction of sp³-hybridized carbons (Fsp3) is 0.769. The topological polar surface area (TPSA) is 99.8 Å². The van der Waals surface area contributed by atoms with Crippen molar-refractivity contribution in [1.29, 1.82) is 0 Å². The van der Waals surface area contributed by atoms with Crippen molar-refractivity contribution in [2.75, 3.05) is 32.8 Å². The largest absolute Gasteiger partial charge is 0.363 e. The predicted octanol–water partition coefficient (Wildman–Crippen LogP) is -1.43. The Morgan fingerprint density at radius 3 is 2.43 bits per heavy atom. The summed E-state index contributed by atoms with van der Waals surface area (Å²) < 4.78 is 5.63. The van der Waals surface area contributed by atoms with Crippen LogP contribution >= 0.6 is 0 Å². The molecule has 3 saturated heterocycles. The van der Waals surface area contributed by atoms with Crippen molar-refractivity contribution in [3.05, 3.63) is 0 Å². The summed E-state index contributed by atoms with van der Waals surface area (Å²) in [5.41, 5.74) is -1.08. The van der Waals surface area contributed by atoms with Crippen LogP contribution in [-0.2, 0) is 14.3 Å². The van der Waals surface area contributed by atoms with Crippen molar-refractivity contribution in [3.8, 4) is 0 Å². The molecule has 1 spiro atoms. The molecule has 0 aliphatic carbocycles. The van der Waals surface area contributed by atoms with Crippen LogP contribution in [0.4, 0.5) is 4.79 Å². The van der Waals surface area contributed by atoms with Crippen LogP contribution in [0, 0.1) is 0 Å². The van der Waals surface area contributed by atoms with Crippen LogP contribution in [0.25, 0.3) is 0 Å². The van der Waals surface area contributed by atoms with Gasteiger partial charge in [-0.2, -0.15) is 0 Å². The van der Waals surface area contributed by atoms with E-state index in [4.69, 9.17) is 4.74 Å². The van der Waals surface area contributed by atoms with Crippen LogP contribution < -0.4 is 16.0 Å². The third kappa shape index (κ3) is 2.60. The van der Waals surface area contributed by atoms with Crippen LogP contribution in [0.1, 0.15) is 19.8 Å². The minimum Gasteiger partial charge on any atom is -0.363 e.